The van der Waals surface area contributed by atoms with Gasteiger partial charge in [-0.05, 0) is 45.0 Å². The average molecular weight is 232 g/mol. The van der Waals surface area contributed by atoms with Crippen LogP contribution in [0.4, 0.5) is 0 Å². The van der Waals surface area contributed by atoms with E-state index in [9.17, 15) is 4.79 Å². The first-order valence-electron chi connectivity index (χ1n) is 5.57. The fourth-order valence-electron chi connectivity index (χ4n) is 1.18. The summed E-state index contributed by atoms with van der Waals surface area (Å²) in [4.78, 5) is 11.0. The molecule has 0 atom stereocenters. The standard InChI is InChI=1S/C14H16O3/c1-4-16-14(15)10-7-12-5-8-13(9-6-12)17-11(2)3/h5-6,8-9,11H,4H2,1-3H3. The molecule has 0 N–H and O–H groups in total. The maximum atomic E-state index is 11.0. The van der Waals surface area contributed by atoms with Crippen molar-refractivity contribution in [2.24, 2.45) is 0 Å². The van der Waals surface area contributed by atoms with Gasteiger partial charge in [0.2, 0.25) is 0 Å². The van der Waals surface area contributed by atoms with E-state index >= 15 is 0 Å². The molecule has 1 aromatic carbocycles. The van der Waals surface area contributed by atoms with Crippen LogP contribution in [0.25, 0.3) is 0 Å². The minimum Gasteiger partial charge on any atom is -0.491 e. The summed E-state index contributed by atoms with van der Waals surface area (Å²) in [5, 5.41) is 0. The Morgan fingerprint density at radius 3 is 2.47 bits per heavy atom. The molecule has 1 rings (SSSR count). The zero-order chi connectivity index (χ0) is 12.7. The molecule has 0 aliphatic rings. The fourth-order valence-corrected chi connectivity index (χ4v) is 1.18. The zero-order valence-corrected chi connectivity index (χ0v) is 10.3. The van der Waals surface area contributed by atoms with E-state index in [0.29, 0.717) is 6.61 Å². The molecule has 0 aliphatic carbocycles. The summed E-state index contributed by atoms with van der Waals surface area (Å²) >= 11 is 0. The molecule has 0 fully saturated rings. The fraction of sp³-hybridized carbons (Fsp3) is 0.357. The van der Waals surface area contributed by atoms with Crippen molar-refractivity contribution in [1.29, 1.82) is 0 Å². The SMILES string of the molecule is CCOC(=O)C#Cc1ccc(OC(C)C)cc1. The first-order valence-corrected chi connectivity index (χ1v) is 5.57. The number of hydrogen-bond acceptors (Lipinski definition) is 3. The Hall–Kier alpha value is -1.95. The molecule has 90 valence electrons. The first kappa shape index (κ1) is 13.1. The van der Waals surface area contributed by atoms with Gasteiger partial charge in [-0.3, -0.25) is 0 Å². The third kappa shape index (κ3) is 5.07. The van der Waals surface area contributed by atoms with E-state index in [0.717, 1.165) is 11.3 Å². The second-order valence-corrected chi connectivity index (χ2v) is 3.66. The third-order valence-electron chi connectivity index (χ3n) is 1.81. The van der Waals surface area contributed by atoms with E-state index in [4.69, 9.17) is 9.47 Å². The quantitative estimate of drug-likeness (QED) is 0.593. The molecule has 0 amide bonds. The first-order chi connectivity index (χ1) is 8.11. The van der Waals surface area contributed by atoms with Gasteiger partial charge in [0.05, 0.1) is 12.7 Å². The number of hydrogen-bond donors (Lipinski definition) is 0. The lowest BCUT2D eigenvalue weighted by atomic mass is 10.2. The largest absolute Gasteiger partial charge is 0.491 e. The van der Waals surface area contributed by atoms with Crippen molar-refractivity contribution >= 4 is 5.97 Å². The van der Waals surface area contributed by atoms with Crippen molar-refractivity contribution in [2.45, 2.75) is 26.9 Å². The molecule has 0 saturated heterocycles. The van der Waals surface area contributed by atoms with E-state index in [2.05, 4.69) is 11.8 Å². The molecule has 0 unspecified atom stereocenters. The average Bonchev–Trinajstić information content (AvgIpc) is 2.28. The molecule has 0 aliphatic heterocycles. The zero-order valence-electron chi connectivity index (χ0n) is 10.3. The van der Waals surface area contributed by atoms with Crippen molar-refractivity contribution in [3.63, 3.8) is 0 Å². The van der Waals surface area contributed by atoms with Crippen LogP contribution < -0.4 is 4.74 Å². The van der Waals surface area contributed by atoms with Crippen molar-refractivity contribution in [1.82, 2.24) is 0 Å². The van der Waals surface area contributed by atoms with E-state index in [1.807, 2.05) is 38.1 Å². The lowest BCUT2D eigenvalue weighted by Crippen LogP contribution is -2.05. The van der Waals surface area contributed by atoms with Crippen LogP contribution >= 0.6 is 0 Å². The van der Waals surface area contributed by atoms with Crippen LogP contribution in [0.3, 0.4) is 0 Å². The van der Waals surface area contributed by atoms with Crippen LogP contribution in [-0.2, 0) is 9.53 Å². The Morgan fingerprint density at radius 2 is 1.94 bits per heavy atom. The number of benzene rings is 1. The lowest BCUT2D eigenvalue weighted by molar-refractivity contribution is -0.136. The van der Waals surface area contributed by atoms with Crippen LogP contribution in [0.15, 0.2) is 24.3 Å². The van der Waals surface area contributed by atoms with Gasteiger partial charge in [-0.15, -0.1) is 0 Å². The van der Waals surface area contributed by atoms with Gasteiger partial charge >= 0.3 is 5.97 Å². The molecule has 17 heavy (non-hydrogen) atoms. The predicted molar refractivity (Wildman–Crippen MR) is 65.7 cm³/mol. The predicted octanol–water partition coefficient (Wildman–Crippen LogP) is 2.39. The van der Waals surface area contributed by atoms with Gasteiger partial charge in [0.15, 0.2) is 0 Å². The van der Waals surface area contributed by atoms with Crippen LogP contribution in [0.1, 0.15) is 26.3 Å². The van der Waals surface area contributed by atoms with Gasteiger partial charge in [0.1, 0.15) is 5.75 Å². The van der Waals surface area contributed by atoms with Crippen molar-refractivity contribution in [3.05, 3.63) is 29.8 Å². The minimum absolute atomic E-state index is 0.145. The van der Waals surface area contributed by atoms with Crippen molar-refractivity contribution in [2.75, 3.05) is 6.61 Å². The Kier molecular flexibility index (Phi) is 5.09. The van der Waals surface area contributed by atoms with Gasteiger partial charge in [-0.25, -0.2) is 4.79 Å². The summed E-state index contributed by atoms with van der Waals surface area (Å²) < 4.78 is 10.2. The van der Waals surface area contributed by atoms with Crippen molar-refractivity contribution in [3.8, 4) is 17.6 Å². The normalized spacial score (nSPS) is 9.41. The Bertz CT molecular complexity index is 421. The van der Waals surface area contributed by atoms with Crippen molar-refractivity contribution < 1.29 is 14.3 Å². The molecule has 0 saturated carbocycles. The van der Waals surface area contributed by atoms with Gasteiger partial charge in [0, 0.05) is 11.5 Å². The van der Waals surface area contributed by atoms with Crippen LogP contribution in [0.2, 0.25) is 0 Å². The van der Waals surface area contributed by atoms with Gasteiger partial charge in [0.25, 0.3) is 0 Å². The molecule has 0 heterocycles. The lowest BCUT2D eigenvalue weighted by Gasteiger charge is -2.08. The number of carbonyl (C=O) groups is 1. The highest BCUT2D eigenvalue weighted by Crippen LogP contribution is 2.12. The maximum Gasteiger partial charge on any atom is 0.384 e. The summed E-state index contributed by atoms with van der Waals surface area (Å²) in [5.74, 6) is 5.43. The summed E-state index contributed by atoms with van der Waals surface area (Å²) in [6, 6.07) is 7.28. The van der Waals surface area contributed by atoms with Gasteiger partial charge in [-0.2, -0.15) is 0 Å². The van der Waals surface area contributed by atoms with Gasteiger partial charge in [-0.1, -0.05) is 5.92 Å². The molecular weight excluding hydrogens is 216 g/mol. The highest BCUT2D eigenvalue weighted by Gasteiger charge is 1.97. The highest BCUT2D eigenvalue weighted by atomic mass is 16.5. The van der Waals surface area contributed by atoms with E-state index in [1.165, 1.54) is 0 Å². The van der Waals surface area contributed by atoms with Gasteiger partial charge < -0.3 is 9.47 Å². The topological polar surface area (TPSA) is 35.5 Å². The molecule has 0 spiro atoms. The second kappa shape index (κ2) is 6.59. The minimum atomic E-state index is -0.505. The number of ether oxygens (including phenoxy) is 2. The van der Waals surface area contributed by atoms with Crippen LogP contribution in [0, 0.1) is 11.8 Å². The molecule has 1 aromatic rings. The number of carbonyl (C=O) groups excluding carboxylic acids is 1. The number of rotatable bonds is 3. The Labute approximate surface area is 102 Å². The monoisotopic (exact) mass is 232 g/mol. The second-order valence-electron chi connectivity index (χ2n) is 3.66. The Balaban J connectivity index is 2.65. The molecule has 3 heteroatoms. The summed E-state index contributed by atoms with van der Waals surface area (Å²) in [6.45, 7) is 6.02. The molecule has 0 aromatic heterocycles. The molecule has 3 nitrogen and oxygen atoms in total. The van der Waals surface area contributed by atoms with E-state index in [1.54, 1.807) is 6.92 Å². The smallest absolute Gasteiger partial charge is 0.384 e. The van der Waals surface area contributed by atoms with Crippen LogP contribution in [0.5, 0.6) is 5.75 Å². The van der Waals surface area contributed by atoms with E-state index in [-0.39, 0.29) is 6.10 Å². The maximum absolute atomic E-state index is 11.0. The summed E-state index contributed by atoms with van der Waals surface area (Å²) in [6.07, 6.45) is 0.145. The molecule has 0 bridgehead atoms. The number of esters is 1. The molecule has 0 radical (unpaired) electrons. The Morgan fingerprint density at radius 1 is 1.29 bits per heavy atom. The summed E-state index contributed by atoms with van der Waals surface area (Å²) in [7, 11) is 0. The van der Waals surface area contributed by atoms with E-state index < -0.39 is 5.97 Å². The third-order valence-corrected chi connectivity index (χ3v) is 1.81. The molecular formula is C14H16O3. The van der Waals surface area contributed by atoms with Crippen LogP contribution in [-0.4, -0.2) is 18.7 Å². The highest BCUT2D eigenvalue weighted by molar-refractivity contribution is 5.89. The summed E-state index contributed by atoms with van der Waals surface area (Å²) in [5.41, 5.74) is 0.758.